The van der Waals surface area contributed by atoms with Crippen molar-refractivity contribution < 1.29 is 23.1 Å². The average Bonchev–Trinajstić information content (AvgIpc) is 3.12. The van der Waals surface area contributed by atoms with Gasteiger partial charge in [0.15, 0.2) is 5.78 Å². The van der Waals surface area contributed by atoms with Gasteiger partial charge in [0.2, 0.25) is 0 Å². The maximum atomic E-state index is 13.6. The highest BCUT2D eigenvalue weighted by molar-refractivity contribution is 5.97. The standard InChI is InChI=1S/C21H18F2N2O3/c22-16-6-7-17(18(23)12-16)19(26)8-9-21(27)28-14-20-24-10-11-25(20)13-15-4-2-1-3-5-15/h1-7,10-12H,8-9,13-14H2. The third-order valence-electron chi connectivity index (χ3n) is 4.15. The molecule has 28 heavy (non-hydrogen) atoms. The molecule has 7 heteroatoms. The van der Waals surface area contributed by atoms with E-state index in [1.807, 2.05) is 34.9 Å². The Labute approximate surface area is 160 Å². The van der Waals surface area contributed by atoms with Crippen LogP contribution in [0.4, 0.5) is 8.78 Å². The number of carbonyl (C=O) groups excluding carboxylic acids is 2. The molecule has 0 N–H and O–H groups in total. The molecule has 0 unspecified atom stereocenters. The molecule has 0 aliphatic carbocycles. The summed E-state index contributed by atoms with van der Waals surface area (Å²) < 4.78 is 33.5. The Hall–Kier alpha value is -3.35. The maximum absolute atomic E-state index is 13.6. The van der Waals surface area contributed by atoms with Crippen LogP contribution in [0.15, 0.2) is 60.9 Å². The van der Waals surface area contributed by atoms with E-state index in [1.165, 1.54) is 0 Å². The van der Waals surface area contributed by atoms with E-state index in [-0.39, 0.29) is 25.0 Å². The van der Waals surface area contributed by atoms with Crippen molar-refractivity contribution in [3.05, 3.63) is 89.5 Å². The summed E-state index contributed by atoms with van der Waals surface area (Å²) >= 11 is 0. The van der Waals surface area contributed by atoms with Crippen molar-refractivity contribution in [2.45, 2.75) is 26.0 Å². The van der Waals surface area contributed by atoms with E-state index >= 15 is 0 Å². The molecular weight excluding hydrogens is 366 g/mol. The van der Waals surface area contributed by atoms with Gasteiger partial charge in [0.05, 0.1) is 12.0 Å². The Bertz CT molecular complexity index is 971. The van der Waals surface area contributed by atoms with Crippen LogP contribution in [0.5, 0.6) is 0 Å². The van der Waals surface area contributed by atoms with Crippen molar-refractivity contribution in [2.75, 3.05) is 0 Å². The summed E-state index contributed by atoms with van der Waals surface area (Å²) in [7, 11) is 0. The summed E-state index contributed by atoms with van der Waals surface area (Å²) in [5, 5.41) is 0. The minimum Gasteiger partial charge on any atom is -0.457 e. The summed E-state index contributed by atoms with van der Waals surface area (Å²) in [5.41, 5.74) is 0.840. The van der Waals surface area contributed by atoms with Crippen molar-refractivity contribution in [1.29, 1.82) is 0 Å². The Kier molecular flexibility index (Phi) is 6.26. The van der Waals surface area contributed by atoms with Gasteiger partial charge in [-0.1, -0.05) is 30.3 Å². The molecule has 0 fully saturated rings. The summed E-state index contributed by atoms with van der Waals surface area (Å²) in [5.74, 6) is -2.31. The highest BCUT2D eigenvalue weighted by Crippen LogP contribution is 2.13. The van der Waals surface area contributed by atoms with Crippen LogP contribution in [0.1, 0.15) is 34.6 Å². The Morgan fingerprint density at radius 1 is 1.04 bits per heavy atom. The lowest BCUT2D eigenvalue weighted by atomic mass is 10.1. The Morgan fingerprint density at radius 3 is 2.57 bits per heavy atom. The molecular formula is C21H18F2N2O3. The summed E-state index contributed by atoms with van der Waals surface area (Å²) in [6.45, 7) is 0.563. The van der Waals surface area contributed by atoms with Crippen LogP contribution in [0.25, 0.3) is 0 Å². The van der Waals surface area contributed by atoms with E-state index in [0.717, 1.165) is 17.7 Å². The van der Waals surface area contributed by atoms with Gasteiger partial charge >= 0.3 is 5.97 Å². The molecule has 0 spiro atoms. The number of ether oxygens (including phenoxy) is 1. The fourth-order valence-corrected chi connectivity index (χ4v) is 2.69. The molecule has 0 bridgehead atoms. The lowest BCUT2D eigenvalue weighted by Gasteiger charge is -2.09. The number of esters is 1. The van der Waals surface area contributed by atoms with Crippen molar-refractivity contribution in [3.8, 4) is 0 Å². The first-order valence-corrected chi connectivity index (χ1v) is 8.71. The number of Topliss-reactive ketones (excluding diaryl/α,β-unsaturated/α-hetero) is 1. The number of hydrogen-bond acceptors (Lipinski definition) is 4. The second-order valence-corrected chi connectivity index (χ2v) is 6.16. The normalized spacial score (nSPS) is 10.6. The van der Waals surface area contributed by atoms with E-state index in [2.05, 4.69) is 4.98 Å². The van der Waals surface area contributed by atoms with E-state index in [0.29, 0.717) is 18.4 Å². The smallest absolute Gasteiger partial charge is 0.306 e. The van der Waals surface area contributed by atoms with Gasteiger partial charge in [-0.15, -0.1) is 0 Å². The highest BCUT2D eigenvalue weighted by Gasteiger charge is 2.15. The summed E-state index contributed by atoms with van der Waals surface area (Å²) in [6, 6.07) is 12.5. The number of hydrogen-bond donors (Lipinski definition) is 0. The van der Waals surface area contributed by atoms with Crippen molar-refractivity contribution in [2.24, 2.45) is 0 Å². The second kappa shape index (κ2) is 9.03. The number of halogens is 2. The highest BCUT2D eigenvalue weighted by atomic mass is 19.1. The topological polar surface area (TPSA) is 61.2 Å². The minimum absolute atomic E-state index is 0.0300. The predicted octanol–water partition coefficient (Wildman–Crippen LogP) is 3.92. The van der Waals surface area contributed by atoms with Crippen LogP contribution in [0.3, 0.4) is 0 Å². The van der Waals surface area contributed by atoms with Crippen molar-refractivity contribution >= 4 is 11.8 Å². The molecule has 0 aliphatic rings. The second-order valence-electron chi connectivity index (χ2n) is 6.16. The average molecular weight is 384 g/mol. The summed E-state index contributed by atoms with van der Waals surface area (Å²) in [4.78, 5) is 28.1. The zero-order valence-corrected chi connectivity index (χ0v) is 15.0. The molecule has 1 aromatic heterocycles. The zero-order chi connectivity index (χ0) is 19.9. The van der Waals surface area contributed by atoms with E-state index in [1.54, 1.807) is 12.4 Å². The lowest BCUT2D eigenvalue weighted by Crippen LogP contribution is -2.12. The van der Waals surface area contributed by atoms with E-state index < -0.39 is 23.4 Å². The monoisotopic (exact) mass is 384 g/mol. The van der Waals surface area contributed by atoms with Gasteiger partial charge in [0, 0.05) is 31.4 Å². The molecule has 0 aliphatic heterocycles. The quantitative estimate of drug-likeness (QED) is 0.436. The van der Waals surface area contributed by atoms with Gasteiger partial charge in [-0.2, -0.15) is 0 Å². The van der Waals surface area contributed by atoms with Gasteiger partial charge in [-0.25, -0.2) is 13.8 Å². The number of benzene rings is 2. The molecule has 0 saturated carbocycles. The van der Waals surface area contributed by atoms with Crippen LogP contribution in [-0.2, 0) is 22.7 Å². The van der Waals surface area contributed by atoms with Gasteiger partial charge in [-0.3, -0.25) is 9.59 Å². The van der Waals surface area contributed by atoms with Gasteiger partial charge in [-0.05, 0) is 17.7 Å². The van der Waals surface area contributed by atoms with Crippen molar-refractivity contribution in [3.63, 3.8) is 0 Å². The summed E-state index contributed by atoms with van der Waals surface area (Å²) in [6.07, 6.45) is 2.98. The molecule has 5 nitrogen and oxygen atoms in total. The van der Waals surface area contributed by atoms with Crippen molar-refractivity contribution in [1.82, 2.24) is 9.55 Å². The van der Waals surface area contributed by atoms with E-state index in [4.69, 9.17) is 4.74 Å². The van der Waals surface area contributed by atoms with Crippen LogP contribution >= 0.6 is 0 Å². The number of imidazole rings is 1. The number of carbonyl (C=O) groups is 2. The van der Waals surface area contributed by atoms with Crippen LogP contribution in [-0.4, -0.2) is 21.3 Å². The predicted molar refractivity (Wildman–Crippen MR) is 97.5 cm³/mol. The third-order valence-corrected chi connectivity index (χ3v) is 4.15. The lowest BCUT2D eigenvalue weighted by molar-refractivity contribution is -0.145. The molecule has 3 rings (SSSR count). The number of aromatic nitrogens is 2. The van der Waals surface area contributed by atoms with Crippen LogP contribution < -0.4 is 0 Å². The van der Waals surface area contributed by atoms with Crippen LogP contribution in [0, 0.1) is 11.6 Å². The first-order chi connectivity index (χ1) is 13.5. The first-order valence-electron chi connectivity index (χ1n) is 8.71. The minimum atomic E-state index is -0.943. The molecule has 0 atom stereocenters. The number of nitrogens with zero attached hydrogens (tertiary/aromatic N) is 2. The molecule has 0 saturated heterocycles. The van der Waals surface area contributed by atoms with E-state index in [9.17, 15) is 18.4 Å². The Balaban J connectivity index is 1.50. The van der Waals surface area contributed by atoms with Crippen LogP contribution in [0.2, 0.25) is 0 Å². The molecule has 2 aromatic carbocycles. The zero-order valence-electron chi connectivity index (χ0n) is 15.0. The fourth-order valence-electron chi connectivity index (χ4n) is 2.69. The maximum Gasteiger partial charge on any atom is 0.306 e. The molecule has 1 heterocycles. The molecule has 3 aromatic rings. The molecule has 0 amide bonds. The first kappa shape index (κ1) is 19.4. The fraction of sp³-hybridized carbons (Fsp3) is 0.190. The molecule has 0 radical (unpaired) electrons. The number of rotatable bonds is 8. The SMILES string of the molecule is O=C(CCC(=O)c1ccc(F)cc1F)OCc1nccn1Cc1ccccc1. The molecule has 144 valence electrons. The Morgan fingerprint density at radius 2 is 1.82 bits per heavy atom. The van der Waals surface area contributed by atoms with Gasteiger partial charge in [0.25, 0.3) is 0 Å². The van der Waals surface area contributed by atoms with Gasteiger partial charge in [0.1, 0.15) is 24.1 Å². The van der Waals surface area contributed by atoms with Gasteiger partial charge < -0.3 is 9.30 Å². The third kappa shape index (κ3) is 5.09. The number of ketones is 1. The largest absolute Gasteiger partial charge is 0.457 e.